The third-order valence-electron chi connectivity index (χ3n) is 5.74. The van der Waals surface area contributed by atoms with Crippen molar-refractivity contribution in [2.75, 3.05) is 6.61 Å². The number of nitrogens with one attached hydrogen (secondary N) is 1. The van der Waals surface area contributed by atoms with E-state index in [1.54, 1.807) is 0 Å². The van der Waals surface area contributed by atoms with Gasteiger partial charge in [0.1, 0.15) is 0 Å². The molecule has 0 aliphatic heterocycles. The summed E-state index contributed by atoms with van der Waals surface area (Å²) in [5.41, 5.74) is 0.300. The van der Waals surface area contributed by atoms with Gasteiger partial charge in [0.15, 0.2) is 0 Å². The van der Waals surface area contributed by atoms with Crippen LogP contribution in [-0.2, 0) is 0 Å². The highest BCUT2D eigenvalue weighted by molar-refractivity contribution is 5.40. The fourth-order valence-electron chi connectivity index (χ4n) is 3.93. The standard InChI is InChI=1S/C25H40N2O3/c1-3-5-7-9-10-13-17-21(16-12-8-6-4-2)20-30-24-23(28)26-25(29)27(24)22-18-14-11-15-19-22/h11,14-15,18-19,21,28H,3-10,12-13,16-17,20H2,1-2H3,(H,26,29). The normalized spacial score (nSPS) is 12.2. The molecule has 0 aliphatic carbocycles. The average Bonchev–Trinajstić information content (AvgIpc) is 3.04. The second-order valence-corrected chi connectivity index (χ2v) is 8.34. The molecule has 0 amide bonds. The molecular weight excluding hydrogens is 376 g/mol. The molecule has 1 aromatic carbocycles. The van der Waals surface area contributed by atoms with Crippen molar-refractivity contribution in [2.45, 2.75) is 90.9 Å². The number of para-hydroxylation sites is 1. The Bertz CT molecular complexity index is 751. The lowest BCUT2D eigenvalue weighted by Crippen LogP contribution is -2.18. The number of hydrogen-bond donors (Lipinski definition) is 2. The van der Waals surface area contributed by atoms with Gasteiger partial charge in [0.25, 0.3) is 11.8 Å². The van der Waals surface area contributed by atoms with Gasteiger partial charge in [0.05, 0.1) is 12.3 Å². The predicted octanol–water partition coefficient (Wildman–Crippen LogP) is 6.59. The number of ether oxygens (including phenoxy) is 1. The molecule has 1 atom stereocenters. The van der Waals surface area contributed by atoms with E-state index >= 15 is 0 Å². The highest BCUT2D eigenvalue weighted by Crippen LogP contribution is 2.27. The molecule has 5 nitrogen and oxygen atoms in total. The molecule has 168 valence electrons. The summed E-state index contributed by atoms with van der Waals surface area (Å²) in [6.45, 7) is 5.00. The summed E-state index contributed by atoms with van der Waals surface area (Å²) in [4.78, 5) is 14.8. The summed E-state index contributed by atoms with van der Waals surface area (Å²) in [6.07, 6.45) is 15.0. The maximum atomic E-state index is 12.3. The van der Waals surface area contributed by atoms with Gasteiger partial charge < -0.3 is 9.84 Å². The molecule has 0 aliphatic rings. The Balaban J connectivity index is 1.97. The maximum absolute atomic E-state index is 12.3. The zero-order valence-corrected chi connectivity index (χ0v) is 18.9. The Morgan fingerprint density at radius 1 is 0.900 bits per heavy atom. The topological polar surface area (TPSA) is 67.2 Å². The molecule has 0 saturated carbocycles. The Hall–Kier alpha value is -2.17. The van der Waals surface area contributed by atoms with Crippen molar-refractivity contribution in [3.63, 3.8) is 0 Å². The monoisotopic (exact) mass is 416 g/mol. The highest BCUT2D eigenvalue weighted by atomic mass is 16.5. The van der Waals surface area contributed by atoms with Crippen molar-refractivity contribution in [1.82, 2.24) is 9.55 Å². The molecule has 0 spiro atoms. The zero-order valence-electron chi connectivity index (χ0n) is 18.9. The van der Waals surface area contributed by atoms with Gasteiger partial charge in [-0.3, -0.25) is 4.98 Å². The van der Waals surface area contributed by atoms with Crippen LogP contribution in [0.15, 0.2) is 35.1 Å². The van der Waals surface area contributed by atoms with E-state index in [9.17, 15) is 9.90 Å². The van der Waals surface area contributed by atoms with Crippen molar-refractivity contribution in [3.05, 3.63) is 40.8 Å². The fraction of sp³-hybridized carbons (Fsp3) is 0.640. The van der Waals surface area contributed by atoms with E-state index in [1.807, 2.05) is 30.3 Å². The molecule has 0 fully saturated rings. The molecule has 0 saturated heterocycles. The first kappa shape index (κ1) is 24.1. The van der Waals surface area contributed by atoms with Gasteiger partial charge in [-0.05, 0) is 30.9 Å². The maximum Gasteiger partial charge on any atom is 0.335 e. The van der Waals surface area contributed by atoms with Crippen LogP contribution >= 0.6 is 0 Å². The number of aromatic amines is 1. The van der Waals surface area contributed by atoms with Gasteiger partial charge in [-0.15, -0.1) is 0 Å². The summed E-state index contributed by atoms with van der Waals surface area (Å²) >= 11 is 0. The molecule has 2 N–H and O–H groups in total. The number of hydrogen-bond acceptors (Lipinski definition) is 3. The summed E-state index contributed by atoms with van der Waals surface area (Å²) in [5.74, 6) is 0.461. The molecule has 1 heterocycles. The Morgan fingerprint density at radius 2 is 1.47 bits per heavy atom. The van der Waals surface area contributed by atoms with Crippen LogP contribution in [-0.4, -0.2) is 21.3 Å². The first-order chi connectivity index (χ1) is 14.7. The summed E-state index contributed by atoms with van der Waals surface area (Å²) in [6, 6.07) is 9.30. The second kappa shape index (κ2) is 13.9. The van der Waals surface area contributed by atoms with Crippen molar-refractivity contribution in [3.8, 4) is 17.4 Å². The zero-order chi connectivity index (χ0) is 21.6. The van der Waals surface area contributed by atoms with Crippen LogP contribution in [0.25, 0.3) is 5.69 Å². The van der Waals surface area contributed by atoms with Crippen molar-refractivity contribution < 1.29 is 9.84 Å². The van der Waals surface area contributed by atoms with Crippen LogP contribution < -0.4 is 10.4 Å². The number of unbranched alkanes of at least 4 members (excludes halogenated alkanes) is 8. The largest absolute Gasteiger partial charge is 0.491 e. The highest BCUT2D eigenvalue weighted by Gasteiger charge is 2.18. The van der Waals surface area contributed by atoms with Crippen LogP contribution in [0.1, 0.15) is 90.9 Å². The Kier molecular flexibility index (Phi) is 11.2. The smallest absolute Gasteiger partial charge is 0.335 e. The second-order valence-electron chi connectivity index (χ2n) is 8.34. The van der Waals surface area contributed by atoms with Crippen molar-refractivity contribution >= 4 is 0 Å². The molecule has 2 aromatic rings. The van der Waals surface area contributed by atoms with Gasteiger partial charge in [-0.25, -0.2) is 9.36 Å². The minimum Gasteiger partial charge on any atom is -0.491 e. The van der Waals surface area contributed by atoms with Crippen molar-refractivity contribution in [2.24, 2.45) is 5.92 Å². The Labute approximate surface area is 181 Å². The van der Waals surface area contributed by atoms with Crippen LogP contribution in [0.2, 0.25) is 0 Å². The first-order valence-corrected chi connectivity index (χ1v) is 11.9. The van der Waals surface area contributed by atoms with E-state index in [4.69, 9.17) is 4.74 Å². The molecule has 2 rings (SSSR count). The van der Waals surface area contributed by atoms with E-state index in [2.05, 4.69) is 18.8 Å². The van der Waals surface area contributed by atoms with Gasteiger partial charge in [-0.2, -0.15) is 0 Å². The van der Waals surface area contributed by atoms with E-state index in [0.29, 0.717) is 18.2 Å². The molecular formula is C25H40N2O3. The van der Waals surface area contributed by atoms with Gasteiger partial charge in [0.2, 0.25) is 0 Å². The minimum absolute atomic E-state index is 0.201. The van der Waals surface area contributed by atoms with E-state index in [0.717, 1.165) is 12.8 Å². The van der Waals surface area contributed by atoms with Gasteiger partial charge in [0, 0.05) is 0 Å². The molecule has 1 aromatic heterocycles. The quantitative estimate of drug-likeness (QED) is 0.303. The molecule has 30 heavy (non-hydrogen) atoms. The molecule has 5 heteroatoms. The lowest BCUT2D eigenvalue weighted by Gasteiger charge is -2.18. The lowest BCUT2D eigenvalue weighted by molar-refractivity contribution is 0.207. The number of rotatable bonds is 16. The molecule has 0 bridgehead atoms. The number of imidazole rings is 1. The van der Waals surface area contributed by atoms with E-state index < -0.39 is 0 Å². The third-order valence-corrected chi connectivity index (χ3v) is 5.74. The van der Waals surface area contributed by atoms with Crippen LogP contribution in [0.3, 0.4) is 0 Å². The predicted molar refractivity (Wildman–Crippen MR) is 124 cm³/mol. The van der Waals surface area contributed by atoms with Crippen LogP contribution in [0.5, 0.6) is 11.8 Å². The van der Waals surface area contributed by atoms with Gasteiger partial charge >= 0.3 is 5.69 Å². The van der Waals surface area contributed by atoms with Crippen LogP contribution in [0.4, 0.5) is 0 Å². The number of aromatic nitrogens is 2. The van der Waals surface area contributed by atoms with Crippen molar-refractivity contribution in [1.29, 1.82) is 0 Å². The number of nitrogens with zero attached hydrogens (tertiary/aromatic N) is 1. The average molecular weight is 417 g/mol. The van der Waals surface area contributed by atoms with E-state index in [1.165, 1.54) is 68.8 Å². The first-order valence-electron chi connectivity index (χ1n) is 11.9. The molecule has 0 radical (unpaired) electrons. The molecule has 1 unspecified atom stereocenters. The summed E-state index contributed by atoms with van der Waals surface area (Å²) in [5, 5.41) is 10.2. The summed E-state index contributed by atoms with van der Waals surface area (Å²) in [7, 11) is 0. The third kappa shape index (κ3) is 7.92. The number of benzene rings is 1. The van der Waals surface area contributed by atoms with Gasteiger partial charge in [-0.1, -0.05) is 96.3 Å². The Morgan fingerprint density at radius 3 is 2.10 bits per heavy atom. The van der Waals surface area contributed by atoms with E-state index in [-0.39, 0.29) is 17.4 Å². The number of aromatic hydroxyl groups is 1. The minimum atomic E-state index is -0.385. The SMILES string of the molecule is CCCCCCCCC(CCCCCC)COc1c(O)[nH]c(=O)n1-c1ccccc1. The lowest BCUT2D eigenvalue weighted by atomic mass is 9.95. The number of H-pyrrole nitrogens is 1. The summed E-state index contributed by atoms with van der Waals surface area (Å²) < 4.78 is 7.45. The van der Waals surface area contributed by atoms with Crippen LogP contribution in [0, 0.1) is 5.92 Å². The fourth-order valence-corrected chi connectivity index (χ4v) is 3.93.